The number of carbonyl (C=O) groups is 4. The molecule has 0 spiro atoms. The molecular weight excluding hydrogens is 543 g/mol. The molecule has 0 radical (unpaired) electrons. The van der Waals surface area contributed by atoms with Gasteiger partial charge in [-0.25, -0.2) is 4.39 Å². The van der Waals surface area contributed by atoms with Crippen molar-refractivity contribution >= 4 is 51.9 Å². The van der Waals surface area contributed by atoms with Crippen molar-refractivity contribution in [1.82, 2.24) is 4.90 Å². The number of para-hydroxylation sites is 1. The normalized spacial score (nSPS) is 13.1. The summed E-state index contributed by atoms with van der Waals surface area (Å²) in [5, 5.41) is 4.72. The molecule has 0 aliphatic carbocycles. The fourth-order valence-corrected chi connectivity index (χ4v) is 5.50. The van der Waals surface area contributed by atoms with E-state index in [2.05, 4.69) is 5.32 Å². The van der Waals surface area contributed by atoms with Crippen LogP contribution in [0.3, 0.4) is 0 Å². The average molecular weight is 571 g/mol. The Morgan fingerprint density at radius 2 is 1.63 bits per heavy atom. The van der Waals surface area contributed by atoms with Crippen molar-refractivity contribution < 1.29 is 23.6 Å². The lowest BCUT2D eigenvalue weighted by Crippen LogP contribution is -2.46. The molecule has 0 unspecified atom stereocenters. The molecular formula is C31H27FN4O4S. The Kier molecular flexibility index (Phi) is 7.93. The molecule has 4 aromatic rings. The Labute approximate surface area is 240 Å². The zero-order valence-corrected chi connectivity index (χ0v) is 23.2. The van der Waals surface area contributed by atoms with Gasteiger partial charge in [0.25, 0.3) is 17.6 Å². The standard InChI is InChI=1S/C31H27FN4O4S/c1-34(2)23-15-13-22(14-16-23)33-30(39)28(26-8-5-17-41-26)36(18-20-9-11-21(32)12-10-20)27(37)19-35-25-7-4-3-6-24(25)29(38)31(35)40/h3-17,28H,18-19H2,1-2H3,(H,33,39)/t28-/m1/s1. The van der Waals surface area contributed by atoms with Crippen molar-refractivity contribution in [2.75, 3.05) is 35.8 Å². The van der Waals surface area contributed by atoms with Crippen molar-refractivity contribution in [2.45, 2.75) is 12.6 Å². The van der Waals surface area contributed by atoms with Crippen LogP contribution in [0.25, 0.3) is 0 Å². The van der Waals surface area contributed by atoms with Crippen LogP contribution in [0.1, 0.15) is 26.8 Å². The summed E-state index contributed by atoms with van der Waals surface area (Å²) in [7, 11) is 3.83. The number of ketones is 1. The maximum Gasteiger partial charge on any atom is 0.299 e. The number of amides is 3. The molecule has 0 fully saturated rings. The Balaban J connectivity index is 1.49. The molecule has 2 heterocycles. The highest BCUT2D eigenvalue weighted by molar-refractivity contribution is 7.10. The van der Waals surface area contributed by atoms with Crippen molar-refractivity contribution in [2.24, 2.45) is 0 Å². The van der Waals surface area contributed by atoms with E-state index in [4.69, 9.17) is 0 Å². The summed E-state index contributed by atoms with van der Waals surface area (Å²) in [6, 6.07) is 21.9. The summed E-state index contributed by atoms with van der Waals surface area (Å²) in [6.07, 6.45) is 0. The van der Waals surface area contributed by atoms with Crippen LogP contribution in [0.2, 0.25) is 0 Å². The first kappa shape index (κ1) is 27.7. The van der Waals surface area contributed by atoms with Gasteiger partial charge in [-0.3, -0.25) is 24.1 Å². The summed E-state index contributed by atoms with van der Waals surface area (Å²) in [5.41, 5.74) is 2.66. The van der Waals surface area contributed by atoms with Crippen LogP contribution < -0.4 is 15.1 Å². The monoisotopic (exact) mass is 570 g/mol. The van der Waals surface area contributed by atoms with Crippen LogP contribution in [0.4, 0.5) is 21.5 Å². The molecule has 3 aromatic carbocycles. The molecule has 0 bridgehead atoms. The molecule has 10 heteroatoms. The third-order valence-electron chi connectivity index (χ3n) is 6.78. The first-order chi connectivity index (χ1) is 19.7. The number of fused-ring (bicyclic) bond motifs is 1. The summed E-state index contributed by atoms with van der Waals surface area (Å²) in [6.45, 7) is -0.484. The van der Waals surface area contributed by atoms with Gasteiger partial charge in [0.1, 0.15) is 18.4 Å². The van der Waals surface area contributed by atoms with E-state index in [1.54, 1.807) is 66.0 Å². The Hall–Kier alpha value is -4.83. The maximum absolute atomic E-state index is 14.0. The van der Waals surface area contributed by atoms with E-state index < -0.39 is 41.9 Å². The SMILES string of the molecule is CN(C)c1ccc(NC(=O)[C@@H](c2cccs2)N(Cc2ccc(F)cc2)C(=O)CN2C(=O)C(=O)c3ccccc32)cc1. The lowest BCUT2D eigenvalue weighted by Gasteiger charge is -2.32. The number of nitrogens with one attached hydrogen (secondary N) is 1. The third kappa shape index (κ3) is 5.87. The molecule has 1 aliphatic heterocycles. The number of rotatable bonds is 9. The fourth-order valence-electron chi connectivity index (χ4n) is 4.67. The number of nitrogens with zero attached hydrogens (tertiary/aromatic N) is 3. The van der Waals surface area contributed by atoms with Crippen LogP contribution >= 0.6 is 11.3 Å². The first-order valence-corrected chi connectivity index (χ1v) is 13.7. The van der Waals surface area contributed by atoms with E-state index in [1.165, 1.54) is 28.4 Å². The average Bonchev–Trinajstić information content (AvgIpc) is 3.57. The predicted octanol–water partition coefficient (Wildman–Crippen LogP) is 4.89. The lowest BCUT2D eigenvalue weighted by atomic mass is 10.1. The molecule has 8 nitrogen and oxygen atoms in total. The van der Waals surface area contributed by atoms with Gasteiger partial charge in [0.2, 0.25) is 5.91 Å². The number of thiophene rings is 1. The molecule has 1 aliphatic rings. The molecule has 0 saturated carbocycles. The zero-order valence-electron chi connectivity index (χ0n) is 22.4. The van der Waals surface area contributed by atoms with Gasteiger partial charge in [0.15, 0.2) is 0 Å². The van der Waals surface area contributed by atoms with Crippen LogP contribution in [0.5, 0.6) is 0 Å². The van der Waals surface area contributed by atoms with E-state index in [0.717, 1.165) is 10.6 Å². The van der Waals surface area contributed by atoms with Gasteiger partial charge >= 0.3 is 0 Å². The second-order valence-electron chi connectivity index (χ2n) is 9.73. The van der Waals surface area contributed by atoms with Crippen LogP contribution in [-0.2, 0) is 20.9 Å². The van der Waals surface area contributed by atoms with E-state index in [9.17, 15) is 23.6 Å². The summed E-state index contributed by atoms with van der Waals surface area (Å²) < 4.78 is 13.7. The van der Waals surface area contributed by atoms with Crippen molar-refractivity contribution in [3.05, 3.63) is 112 Å². The number of carbonyl (C=O) groups excluding carboxylic acids is 4. The lowest BCUT2D eigenvalue weighted by molar-refractivity contribution is -0.138. The maximum atomic E-state index is 14.0. The van der Waals surface area contributed by atoms with Gasteiger partial charge < -0.3 is 15.1 Å². The Bertz CT molecular complexity index is 1590. The number of Topliss-reactive ketones (excluding diaryl/α,β-unsaturated/α-hetero) is 1. The van der Waals surface area contributed by atoms with Gasteiger partial charge in [-0.1, -0.05) is 30.3 Å². The Morgan fingerprint density at radius 3 is 2.29 bits per heavy atom. The molecule has 5 rings (SSSR count). The fraction of sp³-hybridized carbons (Fsp3) is 0.161. The van der Waals surface area contributed by atoms with Gasteiger partial charge in [0, 0.05) is 36.9 Å². The number of halogens is 1. The van der Waals surface area contributed by atoms with Gasteiger partial charge in [-0.05, 0) is 65.5 Å². The number of hydrogen-bond donors (Lipinski definition) is 1. The zero-order chi connectivity index (χ0) is 29.1. The highest BCUT2D eigenvalue weighted by atomic mass is 32.1. The topological polar surface area (TPSA) is 90.0 Å². The number of benzene rings is 3. The van der Waals surface area contributed by atoms with E-state index in [-0.39, 0.29) is 12.1 Å². The first-order valence-electron chi connectivity index (χ1n) is 12.8. The van der Waals surface area contributed by atoms with Crippen molar-refractivity contribution in [3.63, 3.8) is 0 Å². The van der Waals surface area contributed by atoms with Gasteiger partial charge in [0.05, 0.1) is 11.3 Å². The summed E-state index contributed by atoms with van der Waals surface area (Å²) in [4.78, 5) is 58.3. The van der Waals surface area contributed by atoms with E-state index in [1.807, 2.05) is 31.1 Å². The van der Waals surface area contributed by atoms with Crippen molar-refractivity contribution in [1.29, 1.82) is 0 Å². The predicted molar refractivity (Wildman–Crippen MR) is 157 cm³/mol. The summed E-state index contributed by atoms with van der Waals surface area (Å²) in [5.74, 6) is -2.93. The highest BCUT2D eigenvalue weighted by Gasteiger charge is 2.39. The smallest absolute Gasteiger partial charge is 0.299 e. The molecule has 208 valence electrons. The molecule has 1 atom stereocenters. The van der Waals surface area contributed by atoms with Crippen LogP contribution in [0.15, 0.2) is 90.3 Å². The second-order valence-corrected chi connectivity index (χ2v) is 10.7. The minimum Gasteiger partial charge on any atom is -0.378 e. The van der Waals surface area contributed by atoms with Gasteiger partial charge in [-0.15, -0.1) is 11.3 Å². The highest BCUT2D eigenvalue weighted by Crippen LogP contribution is 2.32. The van der Waals surface area contributed by atoms with E-state index >= 15 is 0 Å². The molecule has 41 heavy (non-hydrogen) atoms. The van der Waals surface area contributed by atoms with Crippen LogP contribution in [-0.4, -0.2) is 49.0 Å². The quantitative estimate of drug-likeness (QED) is 0.290. The Morgan fingerprint density at radius 1 is 0.927 bits per heavy atom. The molecule has 0 saturated heterocycles. The largest absolute Gasteiger partial charge is 0.378 e. The van der Waals surface area contributed by atoms with E-state index in [0.29, 0.717) is 21.8 Å². The molecule has 3 amide bonds. The third-order valence-corrected chi connectivity index (χ3v) is 7.71. The number of anilines is 3. The number of hydrogen-bond acceptors (Lipinski definition) is 6. The molecule has 1 N–H and O–H groups in total. The molecule has 1 aromatic heterocycles. The van der Waals surface area contributed by atoms with Gasteiger partial charge in [-0.2, -0.15) is 0 Å². The minimum absolute atomic E-state index is 0.0354. The van der Waals surface area contributed by atoms with Crippen molar-refractivity contribution in [3.8, 4) is 0 Å². The minimum atomic E-state index is -1.07. The second kappa shape index (κ2) is 11.7. The summed E-state index contributed by atoms with van der Waals surface area (Å²) >= 11 is 1.31. The van der Waals surface area contributed by atoms with Crippen LogP contribution in [0, 0.1) is 5.82 Å².